The normalized spacial score (nSPS) is 21.1. The first-order valence-corrected chi connectivity index (χ1v) is 5.36. The molecule has 0 saturated carbocycles. The second-order valence-corrected chi connectivity index (χ2v) is 4.13. The van der Waals surface area contributed by atoms with Gasteiger partial charge in [-0.3, -0.25) is 10.1 Å². The fourth-order valence-corrected chi connectivity index (χ4v) is 2.24. The van der Waals surface area contributed by atoms with E-state index in [1.165, 1.54) is 0 Å². The van der Waals surface area contributed by atoms with Gasteiger partial charge < -0.3 is 14.2 Å². The maximum atomic E-state index is 10.6. The van der Waals surface area contributed by atoms with E-state index in [0.29, 0.717) is 24.7 Å². The van der Waals surface area contributed by atoms with Crippen LogP contribution in [0.4, 0.5) is 0 Å². The summed E-state index contributed by atoms with van der Waals surface area (Å²) >= 11 is 0. The van der Waals surface area contributed by atoms with Crippen LogP contribution in [0, 0.1) is 10.1 Å². The van der Waals surface area contributed by atoms with Crippen LogP contribution >= 0.6 is 0 Å². The van der Waals surface area contributed by atoms with Crippen molar-refractivity contribution in [3.05, 3.63) is 33.4 Å². The fourth-order valence-electron chi connectivity index (χ4n) is 2.24. The molecular formula is C11H11NO5. The van der Waals surface area contributed by atoms with Gasteiger partial charge in [-0.1, -0.05) is 0 Å². The lowest BCUT2D eigenvalue weighted by atomic mass is 9.92. The maximum absolute atomic E-state index is 10.6. The zero-order valence-electron chi connectivity index (χ0n) is 9.05. The van der Waals surface area contributed by atoms with E-state index in [1.54, 1.807) is 0 Å². The Morgan fingerprint density at radius 2 is 2.12 bits per heavy atom. The summed E-state index contributed by atoms with van der Waals surface area (Å²) in [6.07, 6.45) is 0. The molecule has 3 rings (SSSR count). The summed E-state index contributed by atoms with van der Waals surface area (Å²) in [4.78, 5) is 10.3. The van der Waals surface area contributed by atoms with Gasteiger partial charge in [-0.15, -0.1) is 0 Å². The minimum atomic E-state index is -0.312. The van der Waals surface area contributed by atoms with Crippen molar-refractivity contribution < 1.29 is 19.1 Å². The zero-order valence-corrected chi connectivity index (χ0v) is 9.05. The number of rotatable bonds is 2. The van der Waals surface area contributed by atoms with Crippen LogP contribution in [0.2, 0.25) is 0 Å². The van der Waals surface area contributed by atoms with Crippen molar-refractivity contribution >= 4 is 0 Å². The lowest BCUT2D eigenvalue weighted by Crippen LogP contribution is -2.23. The molecule has 0 aromatic heterocycles. The molecule has 2 heterocycles. The van der Waals surface area contributed by atoms with Gasteiger partial charge in [0.15, 0.2) is 11.5 Å². The quantitative estimate of drug-likeness (QED) is 0.572. The second kappa shape index (κ2) is 3.89. The fraction of sp³-hybridized carbons (Fsp3) is 0.455. The highest BCUT2D eigenvalue weighted by Crippen LogP contribution is 2.39. The Balaban J connectivity index is 1.98. The molecule has 0 saturated heterocycles. The van der Waals surface area contributed by atoms with E-state index < -0.39 is 0 Å². The number of nitro groups is 1. The number of hydrogen-bond acceptors (Lipinski definition) is 5. The SMILES string of the molecule is O=[N+]([O-])CC1COCc2cc3c(cc21)OCO3. The molecule has 6 nitrogen and oxygen atoms in total. The molecule has 0 N–H and O–H groups in total. The van der Waals surface area contributed by atoms with Crippen LogP contribution in [0.1, 0.15) is 17.0 Å². The summed E-state index contributed by atoms with van der Waals surface area (Å²) in [7, 11) is 0. The summed E-state index contributed by atoms with van der Waals surface area (Å²) in [5, 5.41) is 10.6. The third kappa shape index (κ3) is 1.80. The molecule has 1 aromatic carbocycles. The molecular weight excluding hydrogens is 226 g/mol. The Labute approximate surface area is 97.2 Å². The highest BCUT2D eigenvalue weighted by atomic mass is 16.7. The third-order valence-electron chi connectivity index (χ3n) is 3.02. The van der Waals surface area contributed by atoms with E-state index in [1.807, 2.05) is 12.1 Å². The van der Waals surface area contributed by atoms with Crippen LogP contribution in [-0.4, -0.2) is 24.9 Å². The van der Waals surface area contributed by atoms with Crippen molar-refractivity contribution in [2.75, 3.05) is 19.9 Å². The van der Waals surface area contributed by atoms with E-state index in [9.17, 15) is 10.1 Å². The molecule has 0 aliphatic carbocycles. The number of hydrogen-bond donors (Lipinski definition) is 0. The molecule has 1 atom stereocenters. The average molecular weight is 237 g/mol. The van der Waals surface area contributed by atoms with E-state index in [-0.39, 0.29) is 24.2 Å². The van der Waals surface area contributed by atoms with Gasteiger partial charge in [0.2, 0.25) is 13.3 Å². The molecule has 6 heteroatoms. The van der Waals surface area contributed by atoms with Crippen LogP contribution in [0.5, 0.6) is 11.5 Å². The van der Waals surface area contributed by atoms with Crippen molar-refractivity contribution in [3.63, 3.8) is 0 Å². The van der Waals surface area contributed by atoms with Crippen LogP contribution < -0.4 is 9.47 Å². The predicted octanol–water partition coefficient (Wildman–Crippen LogP) is 1.31. The van der Waals surface area contributed by atoms with Crippen molar-refractivity contribution in [3.8, 4) is 11.5 Å². The summed E-state index contributed by atoms with van der Waals surface area (Å²) in [6, 6.07) is 3.69. The molecule has 90 valence electrons. The summed E-state index contributed by atoms with van der Waals surface area (Å²) in [6.45, 7) is 0.944. The summed E-state index contributed by atoms with van der Waals surface area (Å²) < 4.78 is 15.9. The summed E-state index contributed by atoms with van der Waals surface area (Å²) in [5.41, 5.74) is 1.89. The van der Waals surface area contributed by atoms with Gasteiger partial charge in [0.25, 0.3) is 0 Å². The molecule has 2 aliphatic rings. The van der Waals surface area contributed by atoms with Gasteiger partial charge in [-0.2, -0.15) is 0 Å². The monoisotopic (exact) mass is 237 g/mol. The highest BCUT2D eigenvalue weighted by molar-refractivity contribution is 5.50. The molecule has 1 unspecified atom stereocenters. The van der Waals surface area contributed by atoms with Crippen LogP contribution in [0.3, 0.4) is 0 Å². The number of ether oxygens (including phenoxy) is 3. The zero-order chi connectivity index (χ0) is 11.8. The predicted molar refractivity (Wildman–Crippen MR) is 56.8 cm³/mol. The molecule has 1 aromatic rings. The van der Waals surface area contributed by atoms with Crippen LogP contribution in [0.25, 0.3) is 0 Å². The Hall–Kier alpha value is -1.82. The minimum Gasteiger partial charge on any atom is -0.454 e. The number of benzene rings is 1. The van der Waals surface area contributed by atoms with E-state index in [0.717, 1.165) is 11.1 Å². The highest BCUT2D eigenvalue weighted by Gasteiger charge is 2.28. The topological polar surface area (TPSA) is 70.8 Å². The Morgan fingerprint density at radius 3 is 2.88 bits per heavy atom. The molecule has 0 spiro atoms. The Morgan fingerprint density at radius 1 is 1.35 bits per heavy atom. The van der Waals surface area contributed by atoms with Crippen molar-refractivity contribution in [1.29, 1.82) is 0 Å². The van der Waals surface area contributed by atoms with E-state index in [4.69, 9.17) is 14.2 Å². The number of nitrogens with zero attached hydrogens (tertiary/aromatic N) is 1. The first kappa shape index (κ1) is 10.3. The molecule has 17 heavy (non-hydrogen) atoms. The van der Waals surface area contributed by atoms with E-state index in [2.05, 4.69) is 0 Å². The average Bonchev–Trinajstić information content (AvgIpc) is 2.73. The van der Waals surface area contributed by atoms with Gasteiger partial charge in [-0.05, 0) is 23.3 Å². The summed E-state index contributed by atoms with van der Waals surface area (Å²) in [5.74, 6) is 1.15. The first-order valence-electron chi connectivity index (χ1n) is 5.36. The third-order valence-corrected chi connectivity index (χ3v) is 3.02. The Kier molecular flexibility index (Phi) is 2.36. The minimum absolute atomic E-state index is 0.118. The van der Waals surface area contributed by atoms with Crippen LogP contribution in [-0.2, 0) is 11.3 Å². The second-order valence-electron chi connectivity index (χ2n) is 4.13. The molecule has 0 radical (unpaired) electrons. The largest absolute Gasteiger partial charge is 0.454 e. The van der Waals surface area contributed by atoms with Crippen molar-refractivity contribution in [2.24, 2.45) is 0 Å². The first-order chi connectivity index (χ1) is 8.24. The smallest absolute Gasteiger partial charge is 0.231 e. The molecule has 2 aliphatic heterocycles. The standard InChI is InChI=1S/C11H11NO5/c13-12(14)3-8-5-15-4-7-1-10-11(2-9(7)8)17-6-16-10/h1-2,8H,3-6H2. The lowest BCUT2D eigenvalue weighted by molar-refractivity contribution is -0.484. The van der Waals surface area contributed by atoms with Gasteiger partial charge >= 0.3 is 0 Å². The molecule has 0 fully saturated rings. The number of fused-ring (bicyclic) bond motifs is 2. The van der Waals surface area contributed by atoms with Crippen molar-refractivity contribution in [1.82, 2.24) is 0 Å². The molecule has 0 amide bonds. The van der Waals surface area contributed by atoms with Crippen molar-refractivity contribution in [2.45, 2.75) is 12.5 Å². The maximum Gasteiger partial charge on any atom is 0.231 e. The van der Waals surface area contributed by atoms with Gasteiger partial charge in [0.1, 0.15) is 0 Å². The van der Waals surface area contributed by atoms with E-state index >= 15 is 0 Å². The van der Waals surface area contributed by atoms with Crippen LogP contribution in [0.15, 0.2) is 12.1 Å². The molecule has 0 bridgehead atoms. The van der Waals surface area contributed by atoms with Gasteiger partial charge in [0, 0.05) is 4.92 Å². The Bertz CT molecular complexity index is 473. The lowest BCUT2D eigenvalue weighted by Gasteiger charge is -2.23. The van der Waals surface area contributed by atoms with Gasteiger partial charge in [-0.25, -0.2) is 0 Å². The van der Waals surface area contributed by atoms with Gasteiger partial charge in [0.05, 0.1) is 19.1 Å².